The summed E-state index contributed by atoms with van der Waals surface area (Å²) in [5.41, 5.74) is 2.21. The molecule has 0 atom stereocenters. The molecule has 2 rings (SSSR count). The van der Waals surface area contributed by atoms with Gasteiger partial charge >= 0.3 is 0 Å². The topological polar surface area (TPSA) is 107 Å². The highest BCUT2D eigenvalue weighted by Gasteiger charge is 2.21. The predicted octanol–water partition coefficient (Wildman–Crippen LogP) is 2.44. The number of anilines is 1. The Morgan fingerprint density at radius 1 is 1.12 bits per heavy atom. The van der Waals surface area contributed by atoms with Crippen molar-refractivity contribution in [3.8, 4) is 0 Å². The zero-order valence-electron chi connectivity index (χ0n) is 13.5. The molecular weight excluding hydrogens is 330 g/mol. The fraction of sp³-hybridized carbons (Fsp3) is 0.250. The molecule has 2 N–H and O–H groups in total. The van der Waals surface area contributed by atoms with Crippen molar-refractivity contribution >= 4 is 21.4 Å². The molecule has 2 aromatic rings. The van der Waals surface area contributed by atoms with E-state index in [4.69, 9.17) is 5.14 Å². The molecule has 2 aromatic carbocycles. The van der Waals surface area contributed by atoms with E-state index < -0.39 is 14.9 Å². The first-order valence-corrected chi connectivity index (χ1v) is 8.87. The van der Waals surface area contributed by atoms with E-state index in [1.165, 1.54) is 17.7 Å². The molecule has 0 amide bonds. The fourth-order valence-corrected chi connectivity index (χ4v) is 3.20. The van der Waals surface area contributed by atoms with Crippen LogP contribution in [0, 0.1) is 10.1 Å². The van der Waals surface area contributed by atoms with E-state index in [-0.39, 0.29) is 10.6 Å². The van der Waals surface area contributed by atoms with Crippen molar-refractivity contribution in [3.05, 3.63) is 63.7 Å². The molecule has 0 fully saturated rings. The fourth-order valence-electron chi connectivity index (χ4n) is 2.40. The zero-order chi connectivity index (χ0) is 17.9. The van der Waals surface area contributed by atoms with Crippen LogP contribution < -0.4 is 10.0 Å². The van der Waals surface area contributed by atoms with Crippen LogP contribution in [0.15, 0.2) is 47.4 Å². The van der Waals surface area contributed by atoms with Crippen molar-refractivity contribution in [2.24, 2.45) is 5.14 Å². The van der Waals surface area contributed by atoms with Crippen LogP contribution in [-0.4, -0.2) is 20.4 Å². The SMILES string of the molecule is CCc1ccc(CN(C)c2ccc([N+](=O)[O-])cc2S(N)(=O)=O)cc1. The summed E-state index contributed by atoms with van der Waals surface area (Å²) in [6, 6.07) is 11.6. The van der Waals surface area contributed by atoms with Gasteiger partial charge in [-0.2, -0.15) is 0 Å². The highest BCUT2D eigenvalue weighted by molar-refractivity contribution is 7.89. The largest absolute Gasteiger partial charge is 0.369 e. The maximum Gasteiger partial charge on any atom is 0.270 e. The van der Waals surface area contributed by atoms with E-state index >= 15 is 0 Å². The van der Waals surface area contributed by atoms with Crippen LogP contribution in [0.1, 0.15) is 18.1 Å². The number of nitro groups is 1. The van der Waals surface area contributed by atoms with E-state index in [2.05, 4.69) is 6.92 Å². The molecule has 8 heteroatoms. The van der Waals surface area contributed by atoms with Gasteiger partial charge in [0.2, 0.25) is 10.0 Å². The number of sulfonamides is 1. The van der Waals surface area contributed by atoms with Gasteiger partial charge in [-0.1, -0.05) is 31.2 Å². The third-order valence-corrected chi connectivity index (χ3v) is 4.66. The normalized spacial score (nSPS) is 11.3. The number of nitrogens with zero attached hydrogens (tertiary/aromatic N) is 2. The second-order valence-corrected chi connectivity index (χ2v) is 7.01. The highest BCUT2D eigenvalue weighted by Crippen LogP contribution is 2.29. The zero-order valence-corrected chi connectivity index (χ0v) is 14.3. The van der Waals surface area contributed by atoms with Gasteiger partial charge in [0.25, 0.3) is 5.69 Å². The predicted molar refractivity (Wildman–Crippen MR) is 92.4 cm³/mol. The number of hydrogen-bond acceptors (Lipinski definition) is 5. The summed E-state index contributed by atoms with van der Waals surface area (Å²) in [5, 5.41) is 16.1. The Balaban J connectivity index is 2.37. The number of aryl methyl sites for hydroxylation is 1. The number of nitro benzene ring substituents is 1. The Labute approximate surface area is 140 Å². The number of benzene rings is 2. The third-order valence-electron chi connectivity index (χ3n) is 3.72. The van der Waals surface area contributed by atoms with Gasteiger partial charge in [-0.3, -0.25) is 10.1 Å². The molecule has 0 bridgehead atoms. The molecule has 0 aliphatic carbocycles. The molecule has 128 valence electrons. The molecule has 0 unspecified atom stereocenters. The van der Waals surface area contributed by atoms with Gasteiger partial charge in [0, 0.05) is 25.7 Å². The maximum absolute atomic E-state index is 11.8. The number of hydrogen-bond donors (Lipinski definition) is 1. The Bertz CT molecular complexity index is 848. The summed E-state index contributed by atoms with van der Waals surface area (Å²) in [5.74, 6) is 0. The lowest BCUT2D eigenvalue weighted by atomic mass is 10.1. The second-order valence-electron chi connectivity index (χ2n) is 5.48. The van der Waals surface area contributed by atoms with Crippen LogP contribution in [0.4, 0.5) is 11.4 Å². The van der Waals surface area contributed by atoms with Gasteiger partial charge < -0.3 is 4.90 Å². The second kappa shape index (κ2) is 6.98. The average Bonchev–Trinajstić information content (AvgIpc) is 2.54. The van der Waals surface area contributed by atoms with Gasteiger partial charge in [0.15, 0.2) is 0 Å². The molecule has 0 aliphatic rings. The highest BCUT2D eigenvalue weighted by atomic mass is 32.2. The number of rotatable bonds is 6. The monoisotopic (exact) mass is 349 g/mol. The first-order valence-electron chi connectivity index (χ1n) is 7.32. The number of non-ortho nitro benzene ring substituents is 1. The molecule has 0 saturated carbocycles. The summed E-state index contributed by atoms with van der Waals surface area (Å²) in [6.07, 6.45) is 0.939. The van der Waals surface area contributed by atoms with Crippen LogP contribution >= 0.6 is 0 Å². The smallest absolute Gasteiger partial charge is 0.270 e. The quantitative estimate of drug-likeness (QED) is 0.637. The van der Waals surface area contributed by atoms with Crippen molar-refractivity contribution < 1.29 is 13.3 Å². The minimum absolute atomic E-state index is 0.260. The van der Waals surface area contributed by atoms with Crippen molar-refractivity contribution in [2.75, 3.05) is 11.9 Å². The van der Waals surface area contributed by atoms with E-state index in [1.54, 1.807) is 11.9 Å². The van der Waals surface area contributed by atoms with Crippen molar-refractivity contribution in [2.45, 2.75) is 24.8 Å². The molecule has 0 spiro atoms. The van der Waals surface area contributed by atoms with Crippen molar-refractivity contribution in [1.82, 2.24) is 0 Å². The molecule has 24 heavy (non-hydrogen) atoms. The van der Waals surface area contributed by atoms with Crippen LogP contribution in [-0.2, 0) is 23.0 Å². The molecule has 0 radical (unpaired) electrons. The van der Waals surface area contributed by atoms with Gasteiger partial charge in [-0.25, -0.2) is 13.6 Å². The van der Waals surface area contributed by atoms with E-state index in [9.17, 15) is 18.5 Å². The van der Waals surface area contributed by atoms with Crippen LogP contribution in [0.25, 0.3) is 0 Å². The standard InChI is InChI=1S/C16H19N3O4S/c1-3-12-4-6-13(7-5-12)11-18(2)15-9-8-14(19(20)21)10-16(15)24(17,22)23/h4-10H,3,11H2,1-2H3,(H2,17,22,23). The summed E-state index contributed by atoms with van der Waals surface area (Å²) >= 11 is 0. The van der Waals surface area contributed by atoms with Gasteiger partial charge in [-0.15, -0.1) is 0 Å². The van der Waals surface area contributed by atoms with E-state index in [1.807, 2.05) is 24.3 Å². The van der Waals surface area contributed by atoms with E-state index in [0.29, 0.717) is 12.2 Å². The Hall–Kier alpha value is -2.45. The molecule has 0 heterocycles. The molecule has 0 aromatic heterocycles. The van der Waals surface area contributed by atoms with Crippen LogP contribution in [0.3, 0.4) is 0 Å². The van der Waals surface area contributed by atoms with Gasteiger partial charge in [0.1, 0.15) is 4.90 Å². The van der Waals surface area contributed by atoms with Crippen molar-refractivity contribution in [3.63, 3.8) is 0 Å². The average molecular weight is 349 g/mol. The van der Waals surface area contributed by atoms with Gasteiger partial charge in [-0.05, 0) is 23.6 Å². The molecule has 0 saturated heterocycles. The lowest BCUT2D eigenvalue weighted by Gasteiger charge is -2.22. The number of primary sulfonamides is 1. The lowest BCUT2D eigenvalue weighted by Crippen LogP contribution is -2.22. The van der Waals surface area contributed by atoms with Crippen LogP contribution in [0.2, 0.25) is 0 Å². The Kier molecular flexibility index (Phi) is 5.20. The lowest BCUT2D eigenvalue weighted by molar-refractivity contribution is -0.385. The molecule has 7 nitrogen and oxygen atoms in total. The first-order chi connectivity index (χ1) is 11.2. The maximum atomic E-state index is 11.8. The molecular formula is C16H19N3O4S. The first kappa shape index (κ1) is 17.9. The minimum atomic E-state index is -4.08. The van der Waals surface area contributed by atoms with Crippen molar-refractivity contribution in [1.29, 1.82) is 0 Å². The minimum Gasteiger partial charge on any atom is -0.369 e. The summed E-state index contributed by atoms with van der Waals surface area (Å²) in [4.78, 5) is 11.7. The Morgan fingerprint density at radius 2 is 1.71 bits per heavy atom. The van der Waals surface area contributed by atoms with E-state index in [0.717, 1.165) is 18.1 Å². The molecule has 0 aliphatic heterocycles. The van der Waals surface area contributed by atoms with Gasteiger partial charge in [0.05, 0.1) is 10.6 Å². The summed E-state index contributed by atoms with van der Waals surface area (Å²) in [7, 11) is -2.37. The third kappa shape index (κ3) is 4.09. The van der Waals surface area contributed by atoms with Crippen LogP contribution in [0.5, 0.6) is 0 Å². The Morgan fingerprint density at radius 3 is 2.21 bits per heavy atom. The number of nitrogens with two attached hydrogens (primary N) is 1. The summed E-state index contributed by atoms with van der Waals surface area (Å²) in [6.45, 7) is 2.51. The summed E-state index contributed by atoms with van der Waals surface area (Å²) < 4.78 is 23.6.